The van der Waals surface area contributed by atoms with E-state index >= 15 is 0 Å². The van der Waals surface area contributed by atoms with Crippen molar-refractivity contribution in [2.45, 2.75) is 25.3 Å². The van der Waals surface area contributed by atoms with Gasteiger partial charge in [-0.15, -0.1) is 0 Å². The monoisotopic (exact) mass is 437 g/mol. The number of piperidine rings is 1. The molecule has 1 heterocycles. The first-order valence-corrected chi connectivity index (χ1v) is 11.4. The van der Waals surface area contributed by atoms with Crippen molar-refractivity contribution in [3.63, 3.8) is 0 Å². The van der Waals surface area contributed by atoms with Gasteiger partial charge in [0.1, 0.15) is 11.6 Å². The fraction of sp³-hybridized carbons (Fsp3) is 0.381. The van der Waals surface area contributed by atoms with Crippen LogP contribution in [0.1, 0.15) is 19.8 Å². The van der Waals surface area contributed by atoms with E-state index in [9.17, 15) is 22.0 Å². The van der Waals surface area contributed by atoms with Crippen molar-refractivity contribution >= 4 is 21.7 Å². The van der Waals surface area contributed by atoms with E-state index in [0.717, 1.165) is 6.07 Å². The quantitative estimate of drug-likeness (QED) is 0.789. The fourth-order valence-electron chi connectivity index (χ4n) is 3.55. The van der Waals surface area contributed by atoms with Gasteiger partial charge in [0.15, 0.2) is 0 Å². The van der Waals surface area contributed by atoms with Gasteiger partial charge in [-0.2, -0.15) is 0 Å². The Bertz CT molecular complexity index is 1010. The summed E-state index contributed by atoms with van der Waals surface area (Å²) in [4.78, 5) is 14.3. The third kappa shape index (κ3) is 4.96. The summed E-state index contributed by atoms with van der Waals surface area (Å²) in [5.41, 5.74) is 1.11. The van der Waals surface area contributed by atoms with E-state index < -0.39 is 27.2 Å². The van der Waals surface area contributed by atoms with Crippen LogP contribution >= 0.6 is 0 Å². The number of rotatable bonds is 4. The maximum absolute atomic E-state index is 13.4. The Morgan fingerprint density at radius 3 is 2.07 bits per heavy atom. The van der Waals surface area contributed by atoms with Crippen LogP contribution in [0.5, 0.6) is 0 Å². The number of nitrogens with zero attached hydrogens (tertiary/aromatic N) is 2. The van der Waals surface area contributed by atoms with E-state index in [2.05, 4.69) is 5.32 Å². The molecule has 0 bridgehead atoms. The number of anilines is 1. The highest BCUT2D eigenvalue weighted by atomic mass is 32.2. The number of amides is 2. The molecule has 0 atom stereocenters. The summed E-state index contributed by atoms with van der Waals surface area (Å²) >= 11 is 0. The second-order valence-electron chi connectivity index (χ2n) is 7.88. The van der Waals surface area contributed by atoms with Gasteiger partial charge in [0.25, 0.3) is 0 Å². The molecule has 2 aromatic carbocycles. The normalized spacial score (nSPS) is 16.8. The maximum Gasteiger partial charge on any atom is 0.322 e. The lowest BCUT2D eigenvalue weighted by Crippen LogP contribution is -2.55. The highest BCUT2D eigenvalue weighted by Gasteiger charge is 2.38. The lowest BCUT2D eigenvalue weighted by atomic mass is 9.89. The zero-order valence-corrected chi connectivity index (χ0v) is 18.0. The molecule has 2 amide bonds. The molecule has 1 aliphatic heterocycles. The first-order chi connectivity index (χ1) is 14.0. The number of sulfonamides is 1. The minimum atomic E-state index is -3.24. The minimum absolute atomic E-state index is 0.310. The van der Waals surface area contributed by atoms with E-state index in [0.29, 0.717) is 42.7 Å². The van der Waals surface area contributed by atoms with Crippen LogP contribution in [-0.4, -0.2) is 55.6 Å². The topological polar surface area (TPSA) is 69.7 Å². The fourth-order valence-corrected chi connectivity index (χ4v) is 4.40. The van der Waals surface area contributed by atoms with Crippen LogP contribution in [0.25, 0.3) is 11.1 Å². The number of urea groups is 1. The van der Waals surface area contributed by atoms with Gasteiger partial charge in [0.05, 0.1) is 6.26 Å². The standard InChI is InChI=1S/C21H25F2N3O3S/c1-21(8-10-26(11-9-21)30(3,28)29)25(2)20(27)24-19-6-4-15(5-7-19)16-12-17(22)14-18(23)13-16/h4-7,12-14H,8-11H2,1-3H3,(H,24,27). The van der Waals surface area contributed by atoms with Gasteiger partial charge in [-0.25, -0.2) is 26.3 Å². The molecule has 162 valence electrons. The van der Waals surface area contributed by atoms with Crippen LogP contribution in [-0.2, 0) is 10.0 Å². The van der Waals surface area contributed by atoms with Crippen molar-refractivity contribution in [2.24, 2.45) is 0 Å². The maximum atomic E-state index is 13.4. The Morgan fingerprint density at radius 1 is 1.03 bits per heavy atom. The Labute approximate surface area is 175 Å². The van der Waals surface area contributed by atoms with Crippen LogP contribution in [0.4, 0.5) is 19.3 Å². The molecule has 0 radical (unpaired) electrons. The summed E-state index contributed by atoms with van der Waals surface area (Å²) in [6, 6.07) is 9.68. The SMILES string of the molecule is CN(C(=O)Nc1ccc(-c2cc(F)cc(F)c2)cc1)C1(C)CCN(S(C)(=O)=O)CC1. The average Bonchev–Trinajstić information content (AvgIpc) is 2.66. The van der Waals surface area contributed by atoms with Crippen LogP contribution in [0.2, 0.25) is 0 Å². The molecule has 0 unspecified atom stereocenters. The molecule has 0 aromatic heterocycles. The summed E-state index contributed by atoms with van der Waals surface area (Å²) in [6.45, 7) is 2.67. The molecule has 3 rings (SSSR count). The van der Waals surface area contributed by atoms with Crippen LogP contribution in [0.15, 0.2) is 42.5 Å². The highest BCUT2D eigenvalue weighted by Crippen LogP contribution is 2.29. The lowest BCUT2D eigenvalue weighted by Gasteiger charge is -2.44. The van der Waals surface area contributed by atoms with Gasteiger partial charge in [0, 0.05) is 37.4 Å². The molecule has 0 aliphatic carbocycles. The molecule has 0 saturated carbocycles. The zero-order valence-electron chi connectivity index (χ0n) is 17.2. The van der Waals surface area contributed by atoms with E-state index in [1.807, 2.05) is 6.92 Å². The first kappa shape index (κ1) is 22.2. The Balaban J connectivity index is 1.65. The molecule has 1 aliphatic rings. The summed E-state index contributed by atoms with van der Waals surface area (Å²) in [5.74, 6) is -1.31. The molecule has 30 heavy (non-hydrogen) atoms. The number of hydrogen-bond acceptors (Lipinski definition) is 3. The Kier molecular flexibility index (Phi) is 6.14. The van der Waals surface area contributed by atoms with E-state index in [1.165, 1.54) is 22.7 Å². The van der Waals surface area contributed by atoms with Gasteiger partial charge in [-0.1, -0.05) is 12.1 Å². The smallest absolute Gasteiger partial charge is 0.322 e. The lowest BCUT2D eigenvalue weighted by molar-refractivity contribution is 0.106. The molecule has 0 spiro atoms. The number of halogens is 2. The van der Waals surface area contributed by atoms with Crippen molar-refractivity contribution in [1.29, 1.82) is 0 Å². The van der Waals surface area contributed by atoms with Gasteiger partial charge >= 0.3 is 6.03 Å². The molecular formula is C21H25F2N3O3S. The van der Waals surface area contributed by atoms with Crippen molar-refractivity contribution in [3.8, 4) is 11.1 Å². The Morgan fingerprint density at radius 2 is 1.57 bits per heavy atom. The van der Waals surface area contributed by atoms with Gasteiger partial charge in [-0.3, -0.25) is 0 Å². The molecule has 6 nitrogen and oxygen atoms in total. The molecular weight excluding hydrogens is 412 g/mol. The van der Waals surface area contributed by atoms with E-state index in [4.69, 9.17) is 0 Å². The number of hydrogen-bond donors (Lipinski definition) is 1. The predicted molar refractivity (Wildman–Crippen MR) is 113 cm³/mol. The zero-order chi connectivity index (χ0) is 22.1. The number of carbonyl (C=O) groups is 1. The highest BCUT2D eigenvalue weighted by molar-refractivity contribution is 7.88. The van der Waals surface area contributed by atoms with Crippen molar-refractivity contribution in [2.75, 3.05) is 31.7 Å². The first-order valence-electron chi connectivity index (χ1n) is 9.54. The van der Waals surface area contributed by atoms with Crippen molar-refractivity contribution < 1.29 is 22.0 Å². The Hall–Kier alpha value is -2.52. The summed E-state index contributed by atoms with van der Waals surface area (Å²) < 4.78 is 51.7. The van der Waals surface area contributed by atoms with Crippen LogP contribution in [0, 0.1) is 11.6 Å². The average molecular weight is 438 g/mol. The molecule has 1 N–H and O–H groups in total. The minimum Gasteiger partial charge on any atom is -0.322 e. The number of nitrogens with one attached hydrogen (secondary N) is 1. The van der Waals surface area contributed by atoms with Crippen LogP contribution in [0.3, 0.4) is 0 Å². The third-order valence-electron chi connectivity index (χ3n) is 5.72. The molecule has 1 saturated heterocycles. The largest absolute Gasteiger partial charge is 0.322 e. The number of benzene rings is 2. The third-order valence-corrected chi connectivity index (χ3v) is 7.02. The molecule has 9 heteroatoms. The van der Waals surface area contributed by atoms with E-state index in [-0.39, 0.29) is 6.03 Å². The summed E-state index contributed by atoms with van der Waals surface area (Å²) in [6.07, 6.45) is 2.26. The number of carbonyl (C=O) groups excluding carboxylic acids is 1. The van der Waals surface area contributed by atoms with Crippen molar-refractivity contribution in [1.82, 2.24) is 9.21 Å². The molecule has 1 fully saturated rings. The van der Waals surface area contributed by atoms with Crippen LogP contribution < -0.4 is 5.32 Å². The summed E-state index contributed by atoms with van der Waals surface area (Å²) in [5, 5.41) is 2.81. The predicted octanol–water partition coefficient (Wildman–Crippen LogP) is 3.91. The van der Waals surface area contributed by atoms with Gasteiger partial charge in [0.2, 0.25) is 10.0 Å². The van der Waals surface area contributed by atoms with Crippen molar-refractivity contribution in [3.05, 3.63) is 54.1 Å². The summed E-state index contributed by atoms with van der Waals surface area (Å²) in [7, 11) is -1.55. The van der Waals surface area contributed by atoms with Gasteiger partial charge in [-0.05, 0) is 55.2 Å². The van der Waals surface area contributed by atoms with E-state index in [1.54, 1.807) is 36.2 Å². The van der Waals surface area contributed by atoms with Gasteiger partial charge < -0.3 is 10.2 Å². The second-order valence-corrected chi connectivity index (χ2v) is 9.87. The molecule has 2 aromatic rings. The second kappa shape index (κ2) is 8.31.